The summed E-state index contributed by atoms with van der Waals surface area (Å²) in [4.78, 5) is 10.8. The van der Waals surface area contributed by atoms with Gasteiger partial charge in [-0.2, -0.15) is 0 Å². The molecule has 0 saturated heterocycles. The van der Waals surface area contributed by atoms with Gasteiger partial charge in [0.15, 0.2) is 0 Å². The highest BCUT2D eigenvalue weighted by molar-refractivity contribution is 5.80. The molecule has 0 aliphatic heterocycles. The van der Waals surface area contributed by atoms with Crippen LogP contribution in [0.1, 0.15) is 12.8 Å². The fourth-order valence-corrected chi connectivity index (χ4v) is 0.762. The Labute approximate surface area is 68.8 Å². The van der Waals surface area contributed by atoms with Crippen molar-refractivity contribution in [1.82, 2.24) is 5.32 Å². The van der Waals surface area contributed by atoms with E-state index in [0.29, 0.717) is 0 Å². The Hall–Kier alpha value is -0.710. The molecule has 0 radical (unpaired) electrons. The van der Waals surface area contributed by atoms with Gasteiger partial charge in [-0.15, -0.1) is 0 Å². The Morgan fingerprint density at radius 3 is 2.58 bits per heavy atom. The third-order valence-electron chi connectivity index (χ3n) is 1.70. The molecule has 5 heteroatoms. The van der Waals surface area contributed by atoms with Crippen LogP contribution >= 0.6 is 0 Å². The molecule has 3 nitrogen and oxygen atoms in total. The highest BCUT2D eigenvalue weighted by atomic mass is 19.3. The van der Waals surface area contributed by atoms with Crippen LogP contribution in [0.15, 0.2) is 0 Å². The SMILES string of the molecule is O=C(NCC(F)(F)CO)C1CC1. The van der Waals surface area contributed by atoms with Crippen LogP contribution in [0.5, 0.6) is 0 Å². The Morgan fingerprint density at radius 2 is 2.17 bits per heavy atom. The fourth-order valence-electron chi connectivity index (χ4n) is 0.762. The maximum Gasteiger partial charge on any atom is 0.287 e. The lowest BCUT2D eigenvalue weighted by molar-refractivity contribution is -0.125. The minimum Gasteiger partial charge on any atom is -0.390 e. The Morgan fingerprint density at radius 1 is 1.58 bits per heavy atom. The number of alkyl halides is 2. The average Bonchev–Trinajstić information content (AvgIpc) is 2.83. The van der Waals surface area contributed by atoms with E-state index in [2.05, 4.69) is 5.32 Å². The van der Waals surface area contributed by atoms with Crippen molar-refractivity contribution >= 4 is 5.91 Å². The second kappa shape index (κ2) is 3.35. The maximum absolute atomic E-state index is 12.3. The molecule has 0 spiro atoms. The van der Waals surface area contributed by atoms with Crippen molar-refractivity contribution < 1.29 is 18.7 Å². The Kier molecular flexibility index (Phi) is 2.62. The number of halogens is 2. The number of hydrogen-bond donors (Lipinski definition) is 2. The fraction of sp³-hybridized carbons (Fsp3) is 0.857. The molecule has 2 N–H and O–H groups in total. The van der Waals surface area contributed by atoms with Crippen molar-refractivity contribution in [3.63, 3.8) is 0 Å². The second-order valence-corrected chi connectivity index (χ2v) is 3.01. The van der Waals surface area contributed by atoms with E-state index in [1.54, 1.807) is 0 Å². The van der Waals surface area contributed by atoms with Gasteiger partial charge in [0.2, 0.25) is 5.91 Å². The number of carbonyl (C=O) groups is 1. The molecule has 1 amide bonds. The largest absolute Gasteiger partial charge is 0.390 e. The summed E-state index contributed by atoms with van der Waals surface area (Å²) in [5.74, 6) is -3.59. The molecule has 0 aromatic rings. The number of rotatable bonds is 4. The number of amides is 1. The predicted molar refractivity (Wildman–Crippen MR) is 37.8 cm³/mol. The summed E-state index contributed by atoms with van der Waals surface area (Å²) < 4.78 is 24.7. The molecule has 12 heavy (non-hydrogen) atoms. The van der Waals surface area contributed by atoms with Gasteiger partial charge >= 0.3 is 0 Å². The molecule has 0 atom stereocenters. The van der Waals surface area contributed by atoms with E-state index < -0.39 is 19.1 Å². The smallest absolute Gasteiger partial charge is 0.287 e. The van der Waals surface area contributed by atoms with Gasteiger partial charge in [0.05, 0.1) is 6.54 Å². The van der Waals surface area contributed by atoms with Gasteiger partial charge in [0, 0.05) is 5.92 Å². The summed E-state index contributed by atoms with van der Waals surface area (Å²) >= 11 is 0. The minimum absolute atomic E-state index is 0.0699. The van der Waals surface area contributed by atoms with Crippen LogP contribution in [0.4, 0.5) is 8.78 Å². The number of aliphatic hydroxyl groups excluding tert-OH is 1. The molecule has 1 rings (SSSR count). The quantitative estimate of drug-likeness (QED) is 0.645. The van der Waals surface area contributed by atoms with Crippen molar-refractivity contribution in [2.24, 2.45) is 5.92 Å². The molecule has 0 bridgehead atoms. The first-order chi connectivity index (χ1) is 5.55. The van der Waals surface area contributed by atoms with Crippen molar-refractivity contribution in [2.75, 3.05) is 13.2 Å². The molecule has 70 valence electrons. The molecule has 0 aromatic heterocycles. The molecular formula is C7H11F2NO2. The van der Waals surface area contributed by atoms with E-state index in [1.807, 2.05) is 0 Å². The topological polar surface area (TPSA) is 49.3 Å². The van der Waals surface area contributed by atoms with Gasteiger partial charge in [0.1, 0.15) is 6.61 Å². The molecule has 0 aromatic carbocycles. The van der Waals surface area contributed by atoms with Crippen LogP contribution < -0.4 is 5.32 Å². The summed E-state index contributed by atoms with van der Waals surface area (Å²) in [6.45, 7) is -1.99. The molecule has 1 aliphatic rings. The minimum atomic E-state index is -3.19. The maximum atomic E-state index is 12.3. The standard InChI is InChI=1S/C7H11F2NO2/c8-7(9,4-11)3-10-6(12)5-1-2-5/h5,11H,1-4H2,(H,10,12). The Balaban J connectivity index is 2.19. The first-order valence-corrected chi connectivity index (χ1v) is 3.81. The van der Waals surface area contributed by atoms with Crippen LogP contribution in [-0.2, 0) is 4.79 Å². The average molecular weight is 179 g/mol. The number of hydrogen-bond acceptors (Lipinski definition) is 2. The van der Waals surface area contributed by atoms with Gasteiger partial charge in [0.25, 0.3) is 5.92 Å². The van der Waals surface area contributed by atoms with Crippen LogP contribution in [0.25, 0.3) is 0 Å². The summed E-state index contributed by atoms with van der Waals surface area (Å²) in [6, 6.07) is 0. The van der Waals surface area contributed by atoms with Gasteiger partial charge in [-0.3, -0.25) is 4.79 Å². The van der Waals surface area contributed by atoms with Crippen molar-refractivity contribution in [3.8, 4) is 0 Å². The van der Waals surface area contributed by atoms with Gasteiger partial charge in [-0.25, -0.2) is 8.78 Å². The summed E-state index contributed by atoms with van der Waals surface area (Å²) in [5.41, 5.74) is 0. The van der Waals surface area contributed by atoms with Crippen molar-refractivity contribution in [3.05, 3.63) is 0 Å². The van der Waals surface area contributed by atoms with E-state index >= 15 is 0 Å². The molecule has 1 aliphatic carbocycles. The molecular weight excluding hydrogens is 168 g/mol. The lowest BCUT2D eigenvalue weighted by Gasteiger charge is -2.13. The number of aliphatic hydroxyl groups is 1. The van der Waals surface area contributed by atoms with E-state index in [0.717, 1.165) is 12.8 Å². The van der Waals surface area contributed by atoms with E-state index in [9.17, 15) is 13.6 Å². The summed E-state index contributed by atoms with van der Waals surface area (Å²) in [5, 5.41) is 10.2. The van der Waals surface area contributed by atoms with Gasteiger partial charge < -0.3 is 10.4 Å². The van der Waals surface area contributed by atoms with E-state index in [4.69, 9.17) is 5.11 Å². The third kappa shape index (κ3) is 2.73. The van der Waals surface area contributed by atoms with Crippen molar-refractivity contribution in [1.29, 1.82) is 0 Å². The molecule has 0 heterocycles. The zero-order valence-electron chi connectivity index (χ0n) is 6.52. The van der Waals surface area contributed by atoms with Crippen molar-refractivity contribution in [2.45, 2.75) is 18.8 Å². The van der Waals surface area contributed by atoms with Gasteiger partial charge in [-0.1, -0.05) is 0 Å². The van der Waals surface area contributed by atoms with E-state index in [-0.39, 0.29) is 11.8 Å². The molecule has 1 saturated carbocycles. The number of carbonyl (C=O) groups excluding carboxylic acids is 1. The third-order valence-corrected chi connectivity index (χ3v) is 1.70. The predicted octanol–water partition coefficient (Wildman–Crippen LogP) is 0.140. The summed E-state index contributed by atoms with van der Waals surface area (Å²) in [7, 11) is 0. The second-order valence-electron chi connectivity index (χ2n) is 3.01. The first-order valence-electron chi connectivity index (χ1n) is 3.81. The van der Waals surface area contributed by atoms with E-state index in [1.165, 1.54) is 0 Å². The highest BCUT2D eigenvalue weighted by Gasteiger charge is 2.33. The van der Waals surface area contributed by atoms with Gasteiger partial charge in [-0.05, 0) is 12.8 Å². The molecule has 0 unspecified atom stereocenters. The first kappa shape index (κ1) is 9.38. The van der Waals surface area contributed by atoms with Crippen LogP contribution in [0, 0.1) is 5.92 Å². The molecule has 1 fully saturated rings. The lowest BCUT2D eigenvalue weighted by atomic mass is 10.3. The number of nitrogens with one attached hydrogen (secondary N) is 1. The zero-order valence-corrected chi connectivity index (χ0v) is 6.52. The highest BCUT2D eigenvalue weighted by Crippen LogP contribution is 2.28. The van der Waals surface area contributed by atoms with Crippen LogP contribution in [-0.4, -0.2) is 30.1 Å². The van der Waals surface area contributed by atoms with Crippen LogP contribution in [0.2, 0.25) is 0 Å². The Bertz CT molecular complexity index is 180. The zero-order chi connectivity index (χ0) is 9.19. The van der Waals surface area contributed by atoms with Crippen LogP contribution in [0.3, 0.4) is 0 Å². The monoisotopic (exact) mass is 179 g/mol. The lowest BCUT2D eigenvalue weighted by Crippen LogP contribution is -2.39. The summed E-state index contributed by atoms with van der Waals surface area (Å²) in [6.07, 6.45) is 1.58. The normalized spacial score (nSPS) is 17.6.